The Kier molecular flexibility index (Phi) is 5.08. The van der Waals surface area contributed by atoms with Crippen molar-refractivity contribution >= 4 is 17.1 Å². The van der Waals surface area contributed by atoms with Crippen LogP contribution in [0.1, 0.15) is 12.0 Å². The Morgan fingerprint density at radius 2 is 2.22 bits per heavy atom. The first-order valence-corrected chi connectivity index (χ1v) is 9.48. The summed E-state index contributed by atoms with van der Waals surface area (Å²) >= 11 is 0. The van der Waals surface area contributed by atoms with Crippen molar-refractivity contribution < 1.29 is 19.0 Å². The van der Waals surface area contributed by atoms with Crippen LogP contribution in [0.3, 0.4) is 0 Å². The highest BCUT2D eigenvalue weighted by Gasteiger charge is 2.50. The van der Waals surface area contributed by atoms with Crippen LogP contribution in [0.15, 0.2) is 24.4 Å². The molecule has 1 aromatic heterocycles. The molecular formula is C20H27N3O4. The summed E-state index contributed by atoms with van der Waals surface area (Å²) in [5.41, 5.74) is 2.31. The van der Waals surface area contributed by atoms with E-state index in [0.29, 0.717) is 12.4 Å². The van der Waals surface area contributed by atoms with Crippen LogP contribution >= 0.6 is 0 Å². The number of hydrogen-bond donors (Lipinski definition) is 1. The predicted octanol–water partition coefficient (Wildman–Crippen LogP) is 2.26. The minimum atomic E-state index is -0.651. The van der Waals surface area contributed by atoms with Gasteiger partial charge in [-0.05, 0) is 44.6 Å². The lowest BCUT2D eigenvalue weighted by molar-refractivity contribution is -0.194. The van der Waals surface area contributed by atoms with E-state index in [0.717, 1.165) is 55.7 Å². The minimum absolute atomic E-state index is 0.214. The SMILES string of the molecule is CN(C)CCc1c[nH]c2cccc(OC(=O)OCCN3CCC34COC4)c12. The molecule has 27 heavy (non-hydrogen) atoms. The lowest BCUT2D eigenvalue weighted by Gasteiger charge is -2.57. The fourth-order valence-corrected chi connectivity index (χ4v) is 3.80. The Hall–Kier alpha value is -2.09. The number of likely N-dealkylation sites (N-methyl/N-ethyl adjacent to an activating group) is 1. The maximum Gasteiger partial charge on any atom is 0.513 e. The van der Waals surface area contributed by atoms with Crippen LogP contribution in [-0.2, 0) is 15.9 Å². The van der Waals surface area contributed by atoms with Crippen molar-refractivity contribution in [1.29, 1.82) is 0 Å². The number of ether oxygens (including phenoxy) is 3. The monoisotopic (exact) mass is 373 g/mol. The summed E-state index contributed by atoms with van der Waals surface area (Å²) < 4.78 is 16.2. The standard InChI is InChI=1S/C20H27N3O4/c1-22(2)8-6-15-12-21-16-4-3-5-17(18(15)16)27-19(24)26-11-10-23-9-7-20(23)13-25-14-20/h3-5,12,21H,6-11,13-14H2,1-2H3. The molecule has 1 spiro atoms. The zero-order chi connectivity index (χ0) is 18.9. The smallest absolute Gasteiger partial charge is 0.433 e. The lowest BCUT2D eigenvalue weighted by atomic mass is 9.83. The Bertz CT molecular complexity index is 807. The van der Waals surface area contributed by atoms with Crippen molar-refractivity contribution in [3.63, 3.8) is 0 Å². The van der Waals surface area contributed by atoms with E-state index in [1.54, 1.807) is 0 Å². The summed E-state index contributed by atoms with van der Waals surface area (Å²) in [5.74, 6) is 0.542. The van der Waals surface area contributed by atoms with Gasteiger partial charge in [0.15, 0.2) is 0 Å². The van der Waals surface area contributed by atoms with Crippen molar-refractivity contribution in [3.05, 3.63) is 30.0 Å². The first-order chi connectivity index (χ1) is 13.1. The molecule has 146 valence electrons. The van der Waals surface area contributed by atoms with Crippen LogP contribution in [-0.4, -0.2) is 80.0 Å². The average molecular weight is 373 g/mol. The van der Waals surface area contributed by atoms with Gasteiger partial charge in [0.05, 0.1) is 18.8 Å². The third-order valence-electron chi connectivity index (χ3n) is 5.61. The second-order valence-corrected chi connectivity index (χ2v) is 7.70. The molecule has 2 aliphatic heterocycles. The number of benzene rings is 1. The normalized spacial score (nSPS) is 18.5. The fraction of sp³-hybridized carbons (Fsp3) is 0.550. The molecule has 0 aliphatic carbocycles. The van der Waals surface area contributed by atoms with Crippen molar-refractivity contribution in [1.82, 2.24) is 14.8 Å². The van der Waals surface area contributed by atoms with Gasteiger partial charge in [0.1, 0.15) is 12.4 Å². The van der Waals surface area contributed by atoms with Crippen LogP contribution in [0.5, 0.6) is 5.75 Å². The molecule has 0 amide bonds. The molecule has 0 atom stereocenters. The number of likely N-dealkylation sites (tertiary alicyclic amines) is 1. The molecule has 0 radical (unpaired) electrons. The molecule has 0 bridgehead atoms. The van der Waals surface area contributed by atoms with Crippen molar-refractivity contribution in [2.75, 3.05) is 53.6 Å². The van der Waals surface area contributed by atoms with Crippen LogP contribution in [0, 0.1) is 0 Å². The number of carbonyl (C=O) groups is 1. The number of fused-ring (bicyclic) bond motifs is 1. The molecule has 7 nitrogen and oxygen atoms in total. The largest absolute Gasteiger partial charge is 0.513 e. The second kappa shape index (κ2) is 7.50. The lowest BCUT2D eigenvalue weighted by Crippen LogP contribution is -2.71. The van der Waals surface area contributed by atoms with E-state index >= 15 is 0 Å². The minimum Gasteiger partial charge on any atom is -0.433 e. The van der Waals surface area contributed by atoms with E-state index in [9.17, 15) is 4.79 Å². The van der Waals surface area contributed by atoms with Gasteiger partial charge in [0.2, 0.25) is 0 Å². The van der Waals surface area contributed by atoms with Gasteiger partial charge in [-0.15, -0.1) is 0 Å². The summed E-state index contributed by atoms with van der Waals surface area (Å²) in [5, 5.41) is 0.949. The topological polar surface area (TPSA) is 67.0 Å². The highest BCUT2D eigenvalue weighted by atomic mass is 16.7. The fourth-order valence-electron chi connectivity index (χ4n) is 3.80. The summed E-state index contributed by atoms with van der Waals surface area (Å²) in [6, 6.07) is 5.67. The summed E-state index contributed by atoms with van der Waals surface area (Å²) in [7, 11) is 4.09. The molecule has 7 heteroatoms. The third kappa shape index (κ3) is 3.67. The van der Waals surface area contributed by atoms with Crippen molar-refractivity contribution in [3.8, 4) is 5.75 Å². The van der Waals surface area contributed by atoms with E-state index in [2.05, 4.69) is 14.8 Å². The number of H-pyrrole nitrogens is 1. The van der Waals surface area contributed by atoms with E-state index in [1.165, 1.54) is 6.42 Å². The van der Waals surface area contributed by atoms with Crippen LogP contribution in [0.4, 0.5) is 4.79 Å². The molecule has 2 fully saturated rings. The molecule has 2 aliphatic rings. The Labute approximate surface area is 159 Å². The molecular weight excluding hydrogens is 346 g/mol. The van der Waals surface area contributed by atoms with Gasteiger partial charge in [-0.1, -0.05) is 6.07 Å². The van der Waals surface area contributed by atoms with Gasteiger partial charge in [-0.25, -0.2) is 4.79 Å². The maximum atomic E-state index is 12.2. The zero-order valence-electron chi connectivity index (χ0n) is 16.0. The Morgan fingerprint density at radius 1 is 1.37 bits per heavy atom. The van der Waals surface area contributed by atoms with E-state index < -0.39 is 6.16 Å². The van der Waals surface area contributed by atoms with Gasteiger partial charge in [-0.3, -0.25) is 4.90 Å². The van der Waals surface area contributed by atoms with Gasteiger partial charge in [0, 0.05) is 36.7 Å². The van der Waals surface area contributed by atoms with Gasteiger partial charge >= 0.3 is 6.16 Å². The van der Waals surface area contributed by atoms with Gasteiger partial charge in [-0.2, -0.15) is 0 Å². The first kappa shape index (κ1) is 18.3. The van der Waals surface area contributed by atoms with E-state index in [-0.39, 0.29) is 5.54 Å². The number of nitrogens with zero attached hydrogens (tertiary/aromatic N) is 2. The van der Waals surface area contributed by atoms with Crippen molar-refractivity contribution in [2.24, 2.45) is 0 Å². The number of aromatic amines is 1. The van der Waals surface area contributed by atoms with Crippen LogP contribution in [0.25, 0.3) is 10.9 Å². The summed E-state index contributed by atoms with van der Waals surface area (Å²) in [4.78, 5) is 19.9. The van der Waals surface area contributed by atoms with Gasteiger partial charge < -0.3 is 24.1 Å². The summed E-state index contributed by atoms with van der Waals surface area (Å²) in [6.07, 6.45) is 3.38. The van der Waals surface area contributed by atoms with E-state index in [1.807, 2.05) is 38.5 Å². The first-order valence-electron chi connectivity index (χ1n) is 9.48. The highest BCUT2D eigenvalue weighted by Crippen LogP contribution is 2.36. The number of nitrogens with one attached hydrogen (secondary N) is 1. The molecule has 2 saturated heterocycles. The number of aromatic nitrogens is 1. The molecule has 2 aromatic rings. The predicted molar refractivity (Wildman–Crippen MR) is 102 cm³/mol. The van der Waals surface area contributed by atoms with Crippen LogP contribution < -0.4 is 4.74 Å². The average Bonchev–Trinajstić information content (AvgIpc) is 2.99. The molecule has 0 saturated carbocycles. The van der Waals surface area contributed by atoms with Crippen LogP contribution in [0.2, 0.25) is 0 Å². The second-order valence-electron chi connectivity index (χ2n) is 7.70. The molecule has 0 unspecified atom stereocenters. The van der Waals surface area contributed by atoms with Crippen molar-refractivity contribution in [2.45, 2.75) is 18.4 Å². The number of hydrogen-bond acceptors (Lipinski definition) is 6. The Morgan fingerprint density at radius 3 is 2.89 bits per heavy atom. The number of carbonyl (C=O) groups excluding carboxylic acids is 1. The summed E-state index contributed by atoms with van der Waals surface area (Å²) in [6.45, 7) is 4.61. The molecule has 3 heterocycles. The molecule has 1 N–H and O–H groups in total. The highest BCUT2D eigenvalue weighted by molar-refractivity contribution is 5.90. The maximum absolute atomic E-state index is 12.2. The molecule has 4 rings (SSSR count). The van der Waals surface area contributed by atoms with E-state index in [4.69, 9.17) is 14.2 Å². The molecule has 1 aromatic carbocycles. The number of rotatable bonds is 7. The quantitative estimate of drug-likeness (QED) is 0.593. The third-order valence-corrected chi connectivity index (χ3v) is 5.61. The zero-order valence-corrected chi connectivity index (χ0v) is 16.0. The Balaban J connectivity index is 1.34. The van der Waals surface area contributed by atoms with Gasteiger partial charge in [0.25, 0.3) is 0 Å².